The molecule has 2 heteroatoms. The van der Waals surface area contributed by atoms with Gasteiger partial charge in [-0.05, 0) is 63.9 Å². The molecule has 0 aliphatic heterocycles. The van der Waals surface area contributed by atoms with E-state index in [2.05, 4.69) is 43.3 Å². The zero-order chi connectivity index (χ0) is 14.2. The Morgan fingerprint density at radius 2 is 1.80 bits per heavy atom. The molecule has 1 aliphatic rings. The van der Waals surface area contributed by atoms with E-state index >= 15 is 0 Å². The summed E-state index contributed by atoms with van der Waals surface area (Å²) >= 11 is 0. The average molecular weight is 275 g/mol. The molecule has 0 heterocycles. The minimum atomic E-state index is 0.724. The van der Waals surface area contributed by atoms with Crippen LogP contribution >= 0.6 is 0 Å². The summed E-state index contributed by atoms with van der Waals surface area (Å²) in [6.07, 6.45) is 9.17. The molecule has 1 aliphatic carbocycles. The van der Waals surface area contributed by atoms with Crippen LogP contribution in [0.3, 0.4) is 0 Å². The van der Waals surface area contributed by atoms with Crippen LogP contribution in [0.2, 0.25) is 0 Å². The van der Waals surface area contributed by atoms with Crippen molar-refractivity contribution < 1.29 is 4.74 Å². The van der Waals surface area contributed by atoms with E-state index in [0.29, 0.717) is 0 Å². The summed E-state index contributed by atoms with van der Waals surface area (Å²) in [6, 6.07) is 8.67. The Kier molecular flexibility index (Phi) is 6.38. The van der Waals surface area contributed by atoms with Crippen LogP contribution in [-0.4, -0.2) is 32.1 Å². The van der Waals surface area contributed by atoms with Crippen molar-refractivity contribution in [3.8, 4) is 5.75 Å². The van der Waals surface area contributed by atoms with E-state index in [1.165, 1.54) is 44.1 Å². The molecule has 112 valence electrons. The van der Waals surface area contributed by atoms with Gasteiger partial charge in [-0.3, -0.25) is 0 Å². The maximum Gasteiger partial charge on any atom is 0.122 e. The first-order chi connectivity index (χ1) is 9.77. The first kappa shape index (κ1) is 15.4. The molecule has 0 aromatic heterocycles. The third kappa shape index (κ3) is 4.82. The van der Waals surface area contributed by atoms with Gasteiger partial charge in [0.05, 0.1) is 6.61 Å². The summed E-state index contributed by atoms with van der Waals surface area (Å²) in [6.45, 7) is 1.99. The van der Waals surface area contributed by atoms with Crippen LogP contribution < -0.4 is 4.74 Å². The second-order valence-corrected chi connectivity index (χ2v) is 6.23. The third-order valence-electron chi connectivity index (χ3n) is 4.22. The first-order valence-corrected chi connectivity index (χ1v) is 8.14. The highest BCUT2D eigenvalue weighted by molar-refractivity contribution is 5.36. The topological polar surface area (TPSA) is 12.5 Å². The fraction of sp³-hybridized carbons (Fsp3) is 0.667. The number of ether oxygens (including phenoxy) is 1. The predicted octanol–water partition coefficient (Wildman–Crippen LogP) is 4.45. The molecule has 2 rings (SSSR count). The summed E-state index contributed by atoms with van der Waals surface area (Å²) in [5.74, 6) is 1.85. The van der Waals surface area contributed by atoms with Crippen LogP contribution in [0, 0.1) is 0 Å². The lowest BCUT2D eigenvalue weighted by Crippen LogP contribution is -2.14. The molecule has 0 spiro atoms. The SMILES string of the molecule is CN(C)CCCCOc1ccccc1C1CCCCC1. The van der Waals surface area contributed by atoms with E-state index in [0.717, 1.165) is 31.2 Å². The van der Waals surface area contributed by atoms with Crippen molar-refractivity contribution in [1.82, 2.24) is 4.90 Å². The molecule has 1 saturated carbocycles. The van der Waals surface area contributed by atoms with Crippen molar-refractivity contribution in [2.45, 2.75) is 50.9 Å². The monoisotopic (exact) mass is 275 g/mol. The third-order valence-corrected chi connectivity index (χ3v) is 4.22. The second kappa shape index (κ2) is 8.31. The summed E-state index contributed by atoms with van der Waals surface area (Å²) in [5.41, 5.74) is 1.44. The number of hydrogen-bond acceptors (Lipinski definition) is 2. The van der Waals surface area contributed by atoms with Crippen molar-refractivity contribution in [2.75, 3.05) is 27.2 Å². The minimum absolute atomic E-state index is 0.724. The number of nitrogens with zero attached hydrogens (tertiary/aromatic N) is 1. The van der Waals surface area contributed by atoms with Crippen LogP contribution in [0.15, 0.2) is 24.3 Å². The molecule has 0 radical (unpaired) electrons. The van der Waals surface area contributed by atoms with Crippen molar-refractivity contribution >= 4 is 0 Å². The molecule has 0 amide bonds. The second-order valence-electron chi connectivity index (χ2n) is 6.23. The fourth-order valence-electron chi connectivity index (χ4n) is 3.08. The average Bonchev–Trinajstić information content (AvgIpc) is 2.48. The number of para-hydroxylation sites is 1. The number of unbranched alkanes of at least 4 members (excludes halogenated alkanes) is 1. The van der Waals surface area contributed by atoms with Crippen LogP contribution in [0.1, 0.15) is 56.4 Å². The lowest BCUT2D eigenvalue weighted by Gasteiger charge is -2.24. The van der Waals surface area contributed by atoms with Crippen molar-refractivity contribution in [1.29, 1.82) is 0 Å². The van der Waals surface area contributed by atoms with E-state index in [9.17, 15) is 0 Å². The van der Waals surface area contributed by atoms with Gasteiger partial charge < -0.3 is 9.64 Å². The molecule has 0 N–H and O–H groups in total. The minimum Gasteiger partial charge on any atom is -0.493 e. The molecule has 1 aromatic rings. The van der Waals surface area contributed by atoms with Crippen LogP contribution in [0.25, 0.3) is 0 Å². The standard InChI is InChI=1S/C18H29NO/c1-19(2)14-8-9-15-20-18-13-7-6-12-17(18)16-10-4-3-5-11-16/h6-7,12-13,16H,3-5,8-11,14-15H2,1-2H3. The van der Waals surface area contributed by atoms with Gasteiger partial charge in [-0.2, -0.15) is 0 Å². The van der Waals surface area contributed by atoms with Crippen LogP contribution in [-0.2, 0) is 0 Å². The van der Waals surface area contributed by atoms with E-state index in [1.807, 2.05) is 0 Å². The molecule has 0 bridgehead atoms. The molecule has 0 atom stereocenters. The summed E-state index contributed by atoms with van der Waals surface area (Å²) in [7, 11) is 4.25. The molecular formula is C18H29NO. The van der Waals surface area contributed by atoms with Gasteiger partial charge in [0.2, 0.25) is 0 Å². The molecule has 1 aromatic carbocycles. The van der Waals surface area contributed by atoms with E-state index in [-0.39, 0.29) is 0 Å². The molecule has 1 fully saturated rings. The van der Waals surface area contributed by atoms with Gasteiger partial charge >= 0.3 is 0 Å². The largest absolute Gasteiger partial charge is 0.493 e. The Bertz CT molecular complexity index is 383. The maximum atomic E-state index is 6.05. The molecule has 20 heavy (non-hydrogen) atoms. The molecule has 2 nitrogen and oxygen atoms in total. The van der Waals surface area contributed by atoms with Crippen LogP contribution in [0.5, 0.6) is 5.75 Å². The summed E-state index contributed by atoms with van der Waals surface area (Å²) in [5, 5.41) is 0. The van der Waals surface area contributed by atoms with Gasteiger partial charge in [0.1, 0.15) is 5.75 Å². The van der Waals surface area contributed by atoms with Gasteiger partial charge in [0, 0.05) is 0 Å². The normalized spacial score (nSPS) is 16.6. The Balaban J connectivity index is 1.84. The maximum absolute atomic E-state index is 6.05. The molecule has 0 saturated heterocycles. The lowest BCUT2D eigenvalue weighted by molar-refractivity contribution is 0.286. The number of hydrogen-bond donors (Lipinski definition) is 0. The Morgan fingerprint density at radius 1 is 1.05 bits per heavy atom. The van der Waals surface area contributed by atoms with Crippen LogP contribution in [0.4, 0.5) is 0 Å². The van der Waals surface area contributed by atoms with Gasteiger partial charge in [-0.15, -0.1) is 0 Å². The van der Waals surface area contributed by atoms with Crippen molar-refractivity contribution in [2.24, 2.45) is 0 Å². The fourth-order valence-corrected chi connectivity index (χ4v) is 3.08. The number of rotatable bonds is 7. The zero-order valence-corrected chi connectivity index (χ0v) is 13.1. The van der Waals surface area contributed by atoms with E-state index in [1.54, 1.807) is 0 Å². The first-order valence-electron chi connectivity index (χ1n) is 8.14. The lowest BCUT2D eigenvalue weighted by atomic mass is 9.84. The smallest absolute Gasteiger partial charge is 0.122 e. The molecule has 0 unspecified atom stereocenters. The number of benzene rings is 1. The zero-order valence-electron chi connectivity index (χ0n) is 13.1. The quantitative estimate of drug-likeness (QED) is 0.681. The Hall–Kier alpha value is -1.02. The van der Waals surface area contributed by atoms with E-state index in [4.69, 9.17) is 4.74 Å². The van der Waals surface area contributed by atoms with Gasteiger partial charge in [-0.1, -0.05) is 37.5 Å². The summed E-state index contributed by atoms with van der Waals surface area (Å²) in [4.78, 5) is 2.23. The Morgan fingerprint density at radius 3 is 2.55 bits per heavy atom. The predicted molar refractivity (Wildman–Crippen MR) is 85.6 cm³/mol. The van der Waals surface area contributed by atoms with Gasteiger partial charge in [0.15, 0.2) is 0 Å². The highest BCUT2D eigenvalue weighted by Crippen LogP contribution is 2.37. The Labute approximate surface area is 124 Å². The van der Waals surface area contributed by atoms with E-state index < -0.39 is 0 Å². The highest BCUT2D eigenvalue weighted by Gasteiger charge is 2.18. The van der Waals surface area contributed by atoms with Gasteiger partial charge in [-0.25, -0.2) is 0 Å². The van der Waals surface area contributed by atoms with Crippen molar-refractivity contribution in [3.63, 3.8) is 0 Å². The highest BCUT2D eigenvalue weighted by atomic mass is 16.5. The summed E-state index contributed by atoms with van der Waals surface area (Å²) < 4.78 is 6.05. The molecular weight excluding hydrogens is 246 g/mol. The van der Waals surface area contributed by atoms with Crippen molar-refractivity contribution in [3.05, 3.63) is 29.8 Å². The van der Waals surface area contributed by atoms with Gasteiger partial charge in [0.25, 0.3) is 0 Å².